The fraction of sp³-hybridized carbons (Fsp3) is 0.425. The second kappa shape index (κ2) is 15.2. The average molecular weight is 649 g/mol. The monoisotopic (exact) mass is 648 g/mol. The van der Waals surface area contributed by atoms with E-state index in [1.54, 1.807) is 4.68 Å². The van der Waals surface area contributed by atoms with Crippen molar-refractivity contribution in [2.75, 3.05) is 23.8 Å². The summed E-state index contributed by atoms with van der Waals surface area (Å²) in [6.45, 7) is 9.90. The Hall–Kier alpha value is -4.43. The molecule has 254 valence electrons. The Morgan fingerprint density at radius 3 is 2.31 bits per heavy atom. The highest BCUT2D eigenvalue weighted by Crippen LogP contribution is 2.33. The molecule has 0 aliphatic heterocycles. The molecular weight excluding hydrogens is 596 g/mol. The Bertz CT molecular complexity index is 1700. The van der Waals surface area contributed by atoms with E-state index in [-0.39, 0.29) is 29.3 Å². The molecule has 0 unspecified atom stereocenters. The van der Waals surface area contributed by atoms with Crippen molar-refractivity contribution in [3.8, 4) is 11.1 Å². The van der Waals surface area contributed by atoms with Crippen LogP contribution in [0.3, 0.4) is 0 Å². The van der Waals surface area contributed by atoms with Crippen LogP contribution in [0.15, 0.2) is 78.9 Å². The highest BCUT2D eigenvalue weighted by Gasteiger charge is 2.31. The highest BCUT2D eigenvalue weighted by molar-refractivity contribution is 6.06. The number of carbonyl (C=O) groups excluding carboxylic acids is 2. The molecule has 0 saturated heterocycles. The van der Waals surface area contributed by atoms with Gasteiger partial charge in [-0.25, -0.2) is 0 Å². The van der Waals surface area contributed by atoms with E-state index < -0.39 is 0 Å². The molecule has 0 spiro atoms. The Balaban J connectivity index is 1.46. The van der Waals surface area contributed by atoms with Crippen LogP contribution in [0.1, 0.15) is 98.3 Å². The van der Waals surface area contributed by atoms with Gasteiger partial charge in [0.05, 0.1) is 17.1 Å². The van der Waals surface area contributed by atoms with Crippen molar-refractivity contribution >= 4 is 23.2 Å². The third kappa shape index (κ3) is 8.34. The van der Waals surface area contributed by atoms with Crippen LogP contribution in [-0.4, -0.2) is 52.2 Å². The van der Waals surface area contributed by atoms with Gasteiger partial charge in [-0.3, -0.25) is 14.3 Å². The molecule has 0 radical (unpaired) electrons. The molecular formula is C40H52N6O2. The van der Waals surface area contributed by atoms with Crippen molar-refractivity contribution in [3.05, 3.63) is 101 Å². The number of nitrogens with zero attached hydrogens (tertiary/aromatic N) is 4. The number of hydrogen-bond donors (Lipinski definition) is 2. The molecule has 1 aliphatic carbocycles. The predicted molar refractivity (Wildman–Crippen MR) is 196 cm³/mol. The maximum absolute atomic E-state index is 14.3. The van der Waals surface area contributed by atoms with Gasteiger partial charge in [0.15, 0.2) is 0 Å². The van der Waals surface area contributed by atoms with Crippen molar-refractivity contribution in [1.29, 1.82) is 0 Å². The summed E-state index contributed by atoms with van der Waals surface area (Å²) >= 11 is 0. The van der Waals surface area contributed by atoms with Gasteiger partial charge in [0.2, 0.25) is 0 Å². The van der Waals surface area contributed by atoms with Crippen molar-refractivity contribution < 1.29 is 9.59 Å². The molecule has 1 aromatic heterocycles. The zero-order valence-electron chi connectivity index (χ0n) is 29.5. The van der Waals surface area contributed by atoms with Crippen molar-refractivity contribution in [2.45, 2.75) is 90.3 Å². The van der Waals surface area contributed by atoms with E-state index in [1.807, 2.05) is 48.3 Å². The topological polar surface area (TPSA) is 96.5 Å². The van der Waals surface area contributed by atoms with E-state index in [0.717, 1.165) is 78.8 Å². The molecule has 48 heavy (non-hydrogen) atoms. The molecule has 3 aromatic carbocycles. The van der Waals surface area contributed by atoms with Gasteiger partial charge >= 0.3 is 0 Å². The first-order valence-corrected chi connectivity index (χ1v) is 17.4. The third-order valence-corrected chi connectivity index (χ3v) is 9.46. The standard InChI is InChI=1S/C40H52N6O2/c1-7-8-23-44(5)35-22-17-31(25-34(35)42-38(47)29-14-10-9-11-15-29)30-16-12-13-28(24-30)27-46(33-20-18-32(41)19-21-33)39(48)36-26-37(40(2,3)4)43-45(36)6/h9-17,22,24-26,32-33H,7-8,18-21,23,27,41H2,1-6H3,(H,42,47). The molecule has 1 fully saturated rings. The molecule has 2 amide bonds. The number of hydrogen-bond acceptors (Lipinski definition) is 5. The Morgan fingerprint density at radius 2 is 1.65 bits per heavy atom. The number of nitrogens with two attached hydrogens (primary N) is 1. The van der Waals surface area contributed by atoms with Crippen molar-refractivity contribution in [3.63, 3.8) is 0 Å². The van der Waals surface area contributed by atoms with Crippen LogP contribution in [0.4, 0.5) is 11.4 Å². The minimum Gasteiger partial charge on any atom is -0.373 e. The summed E-state index contributed by atoms with van der Waals surface area (Å²) < 4.78 is 1.73. The average Bonchev–Trinajstić information content (AvgIpc) is 3.49. The van der Waals surface area contributed by atoms with Gasteiger partial charge < -0.3 is 20.9 Å². The number of nitrogens with one attached hydrogen (secondary N) is 1. The van der Waals surface area contributed by atoms with Gasteiger partial charge in [-0.1, -0.05) is 76.6 Å². The molecule has 1 saturated carbocycles. The minimum absolute atomic E-state index is 0.00301. The largest absolute Gasteiger partial charge is 0.373 e. The van der Waals surface area contributed by atoms with Gasteiger partial charge in [-0.15, -0.1) is 0 Å². The normalized spacial score (nSPS) is 16.4. The van der Waals surface area contributed by atoms with Gasteiger partial charge in [-0.05, 0) is 85.2 Å². The highest BCUT2D eigenvalue weighted by atomic mass is 16.2. The zero-order valence-corrected chi connectivity index (χ0v) is 29.5. The zero-order chi connectivity index (χ0) is 34.4. The molecule has 5 rings (SSSR count). The van der Waals surface area contributed by atoms with E-state index in [1.165, 1.54) is 0 Å². The Morgan fingerprint density at radius 1 is 0.938 bits per heavy atom. The van der Waals surface area contributed by atoms with E-state index in [2.05, 4.69) is 87.4 Å². The fourth-order valence-corrected chi connectivity index (χ4v) is 6.46. The first-order valence-electron chi connectivity index (χ1n) is 17.4. The van der Waals surface area contributed by atoms with E-state index in [0.29, 0.717) is 17.8 Å². The first kappa shape index (κ1) is 34.9. The molecule has 4 aromatic rings. The maximum Gasteiger partial charge on any atom is 0.272 e. The van der Waals surface area contributed by atoms with E-state index >= 15 is 0 Å². The lowest BCUT2D eigenvalue weighted by molar-refractivity contribution is 0.0595. The first-order chi connectivity index (χ1) is 22.9. The van der Waals surface area contributed by atoms with Crippen molar-refractivity contribution in [1.82, 2.24) is 14.7 Å². The SMILES string of the molecule is CCCCN(C)c1ccc(-c2cccc(CN(C(=O)c3cc(C(C)(C)C)nn3C)C3CCC(N)CC3)c2)cc1NC(=O)c1ccccc1. The summed E-state index contributed by atoms with van der Waals surface area (Å²) in [5.41, 5.74) is 13.1. The van der Waals surface area contributed by atoms with Gasteiger partial charge in [0.1, 0.15) is 5.69 Å². The second-order valence-corrected chi connectivity index (χ2v) is 14.3. The van der Waals surface area contributed by atoms with E-state index in [9.17, 15) is 9.59 Å². The molecule has 0 atom stereocenters. The summed E-state index contributed by atoms with van der Waals surface area (Å²) in [5.74, 6) is -0.144. The van der Waals surface area contributed by atoms with Gasteiger partial charge in [0.25, 0.3) is 11.8 Å². The van der Waals surface area contributed by atoms with Crippen LogP contribution < -0.4 is 16.0 Å². The summed E-state index contributed by atoms with van der Waals surface area (Å²) in [6.07, 6.45) is 5.73. The van der Waals surface area contributed by atoms with Crippen LogP contribution in [0, 0.1) is 0 Å². The third-order valence-electron chi connectivity index (χ3n) is 9.46. The summed E-state index contributed by atoms with van der Waals surface area (Å²) in [6, 6.07) is 26.2. The number of carbonyl (C=O) groups is 2. The smallest absolute Gasteiger partial charge is 0.272 e. The lowest BCUT2D eigenvalue weighted by Gasteiger charge is -2.36. The maximum atomic E-state index is 14.3. The van der Waals surface area contributed by atoms with Crippen LogP contribution >= 0.6 is 0 Å². The van der Waals surface area contributed by atoms with Crippen LogP contribution in [0.25, 0.3) is 11.1 Å². The minimum atomic E-state index is -0.160. The quantitative estimate of drug-likeness (QED) is 0.173. The number of benzene rings is 3. The number of anilines is 2. The molecule has 3 N–H and O–H groups in total. The Labute approximate surface area is 286 Å². The summed E-state index contributed by atoms with van der Waals surface area (Å²) in [4.78, 5) is 31.8. The number of rotatable bonds is 11. The van der Waals surface area contributed by atoms with E-state index in [4.69, 9.17) is 10.8 Å². The summed E-state index contributed by atoms with van der Waals surface area (Å²) in [7, 11) is 3.93. The number of unbranched alkanes of at least 4 members (excludes halogenated alkanes) is 1. The lowest BCUT2D eigenvalue weighted by atomic mass is 9.90. The number of aromatic nitrogens is 2. The molecule has 8 heteroatoms. The molecule has 1 heterocycles. The number of amides is 2. The fourth-order valence-electron chi connectivity index (χ4n) is 6.46. The lowest BCUT2D eigenvalue weighted by Crippen LogP contribution is -2.44. The second-order valence-electron chi connectivity index (χ2n) is 14.3. The number of aryl methyl sites for hydroxylation is 1. The van der Waals surface area contributed by atoms with Gasteiger partial charge in [-0.2, -0.15) is 5.10 Å². The van der Waals surface area contributed by atoms with Crippen LogP contribution in [-0.2, 0) is 19.0 Å². The summed E-state index contributed by atoms with van der Waals surface area (Å²) in [5, 5.41) is 7.89. The molecule has 8 nitrogen and oxygen atoms in total. The molecule has 1 aliphatic rings. The van der Waals surface area contributed by atoms with Crippen LogP contribution in [0.2, 0.25) is 0 Å². The van der Waals surface area contributed by atoms with Gasteiger partial charge in [0, 0.05) is 50.2 Å². The van der Waals surface area contributed by atoms with Crippen molar-refractivity contribution in [2.24, 2.45) is 12.8 Å². The van der Waals surface area contributed by atoms with Crippen LogP contribution in [0.5, 0.6) is 0 Å². The predicted octanol–water partition coefficient (Wildman–Crippen LogP) is 7.79. The Kier molecular flexibility index (Phi) is 11.0. The molecule has 0 bridgehead atoms.